The third kappa shape index (κ3) is 1.35. The van der Waals surface area contributed by atoms with Crippen molar-refractivity contribution in [3.63, 3.8) is 0 Å². The first-order chi connectivity index (χ1) is 5.43. The Morgan fingerprint density at radius 2 is 2.00 bits per heavy atom. The zero-order valence-electron chi connectivity index (χ0n) is 8.11. The molecule has 0 saturated heterocycles. The number of rotatable bonds is 1. The van der Waals surface area contributed by atoms with E-state index in [4.69, 9.17) is 0 Å². The van der Waals surface area contributed by atoms with Crippen LogP contribution in [0, 0.1) is 11.3 Å². The van der Waals surface area contributed by atoms with E-state index < -0.39 is 0 Å². The molecule has 1 amide bonds. The maximum atomic E-state index is 11.6. The van der Waals surface area contributed by atoms with E-state index in [0.29, 0.717) is 11.3 Å². The van der Waals surface area contributed by atoms with E-state index in [0.717, 1.165) is 6.42 Å². The second-order valence-corrected chi connectivity index (χ2v) is 5.36. The van der Waals surface area contributed by atoms with Gasteiger partial charge in [-0.05, 0) is 45.4 Å². The highest BCUT2D eigenvalue weighted by atomic mass is 16.2. The fourth-order valence-corrected chi connectivity index (χ4v) is 1.89. The Bertz CT molecular complexity index is 222. The van der Waals surface area contributed by atoms with Gasteiger partial charge >= 0.3 is 0 Å². The number of carbonyl (C=O) groups excluding carboxylic acids is 1. The minimum atomic E-state index is -0.0598. The van der Waals surface area contributed by atoms with Gasteiger partial charge < -0.3 is 5.32 Å². The third-order valence-electron chi connectivity index (χ3n) is 2.90. The summed E-state index contributed by atoms with van der Waals surface area (Å²) in [6.45, 7) is 6.10. The van der Waals surface area contributed by atoms with Crippen LogP contribution in [-0.2, 0) is 4.79 Å². The fourth-order valence-electron chi connectivity index (χ4n) is 1.89. The molecule has 2 heteroatoms. The number of amides is 1. The second-order valence-electron chi connectivity index (χ2n) is 5.36. The first kappa shape index (κ1) is 8.09. The maximum absolute atomic E-state index is 11.6. The summed E-state index contributed by atoms with van der Waals surface area (Å²) in [4.78, 5) is 11.6. The average molecular weight is 167 g/mol. The van der Waals surface area contributed by atoms with Crippen LogP contribution in [-0.4, -0.2) is 11.4 Å². The quantitative estimate of drug-likeness (QED) is 0.632. The number of hydrogen-bond donors (Lipinski definition) is 1. The lowest BCUT2D eigenvalue weighted by molar-refractivity contribution is -0.124. The molecule has 2 aliphatic carbocycles. The Morgan fingerprint density at radius 1 is 1.42 bits per heavy atom. The zero-order valence-corrected chi connectivity index (χ0v) is 8.11. The van der Waals surface area contributed by atoms with Gasteiger partial charge in [0.05, 0.1) is 0 Å². The van der Waals surface area contributed by atoms with Gasteiger partial charge in [0.25, 0.3) is 0 Å². The van der Waals surface area contributed by atoms with E-state index in [1.54, 1.807) is 0 Å². The predicted octanol–water partition coefficient (Wildman–Crippen LogP) is 1.70. The van der Waals surface area contributed by atoms with E-state index in [9.17, 15) is 4.79 Å². The minimum Gasteiger partial charge on any atom is -0.351 e. The van der Waals surface area contributed by atoms with E-state index in [1.807, 2.05) is 20.8 Å². The SMILES string of the molecule is CC(C)(C)NC(=O)[C@H]1CC12CC2. The van der Waals surface area contributed by atoms with Gasteiger partial charge in [0.2, 0.25) is 5.91 Å². The standard InChI is InChI=1S/C10H17NO/c1-9(2,3)11-8(12)7-6-10(7)4-5-10/h7H,4-6H2,1-3H3,(H,11,12)/t7-/m1/s1. The molecule has 0 aromatic heterocycles. The van der Waals surface area contributed by atoms with Crippen LogP contribution in [0.1, 0.15) is 40.0 Å². The maximum Gasteiger partial charge on any atom is 0.224 e. The van der Waals surface area contributed by atoms with Gasteiger partial charge in [-0.3, -0.25) is 4.79 Å². The molecule has 1 N–H and O–H groups in total. The van der Waals surface area contributed by atoms with Crippen LogP contribution in [0.2, 0.25) is 0 Å². The van der Waals surface area contributed by atoms with Crippen molar-refractivity contribution in [3.8, 4) is 0 Å². The molecule has 1 atom stereocenters. The summed E-state index contributed by atoms with van der Waals surface area (Å²) in [6, 6.07) is 0. The van der Waals surface area contributed by atoms with Crippen molar-refractivity contribution in [2.75, 3.05) is 0 Å². The van der Waals surface area contributed by atoms with Gasteiger partial charge in [-0.1, -0.05) is 0 Å². The summed E-state index contributed by atoms with van der Waals surface area (Å²) in [7, 11) is 0. The van der Waals surface area contributed by atoms with Gasteiger partial charge in [0.1, 0.15) is 0 Å². The highest BCUT2D eigenvalue weighted by molar-refractivity contribution is 5.83. The molecular weight excluding hydrogens is 150 g/mol. The van der Waals surface area contributed by atoms with Crippen LogP contribution in [0.25, 0.3) is 0 Å². The smallest absolute Gasteiger partial charge is 0.224 e. The van der Waals surface area contributed by atoms with Crippen molar-refractivity contribution in [1.82, 2.24) is 5.32 Å². The number of carbonyl (C=O) groups is 1. The van der Waals surface area contributed by atoms with E-state index >= 15 is 0 Å². The molecule has 0 heterocycles. The molecule has 0 radical (unpaired) electrons. The van der Waals surface area contributed by atoms with Crippen LogP contribution >= 0.6 is 0 Å². The van der Waals surface area contributed by atoms with Crippen molar-refractivity contribution < 1.29 is 4.79 Å². The summed E-state index contributed by atoms with van der Waals surface area (Å²) in [5.41, 5.74) is 0.436. The molecule has 0 unspecified atom stereocenters. The van der Waals surface area contributed by atoms with Crippen LogP contribution < -0.4 is 5.32 Å². The van der Waals surface area contributed by atoms with Gasteiger partial charge in [-0.15, -0.1) is 0 Å². The van der Waals surface area contributed by atoms with Gasteiger partial charge in [0.15, 0.2) is 0 Å². The fraction of sp³-hybridized carbons (Fsp3) is 0.900. The van der Waals surface area contributed by atoms with Gasteiger partial charge in [-0.25, -0.2) is 0 Å². The highest BCUT2D eigenvalue weighted by Crippen LogP contribution is 2.70. The number of nitrogens with one attached hydrogen (secondary N) is 1. The molecule has 0 aromatic rings. The van der Waals surface area contributed by atoms with Crippen LogP contribution in [0.4, 0.5) is 0 Å². The average Bonchev–Trinajstić information content (AvgIpc) is 2.70. The largest absolute Gasteiger partial charge is 0.351 e. The van der Waals surface area contributed by atoms with Crippen molar-refractivity contribution in [1.29, 1.82) is 0 Å². The Hall–Kier alpha value is -0.530. The lowest BCUT2D eigenvalue weighted by Crippen LogP contribution is -2.41. The molecule has 0 aliphatic heterocycles. The van der Waals surface area contributed by atoms with E-state index in [1.165, 1.54) is 12.8 Å². The second kappa shape index (κ2) is 2.04. The summed E-state index contributed by atoms with van der Waals surface area (Å²) in [6.07, 6.45) is 3.72. The van der Waals surface area contributed by atoms with Gasteiger partial charge in [0, 0.05) is 11.5 Å². The van der Waals surface area contributed by atoms with E-state index in [2.05, 4.69) is 5.32 Å². The molecule has 2 nitrogen and oxygen atoms in total. The molecule has 2 aliphatic rings. The van der Waals surface area contributed by atoms with Crippen LogP contribution in [0.3, 0.4) is 0 Å². The Labute approximate surface area is 73.7 Å². The predicted molar refractivity (Wildman–Crippen MR) is 47.7 cm³/mol. The van der Waals surface area contributed by atoms with Crippen LogP contribution in [0.15, 0.2) is 0 Å². The minimum absolute atomic E-state index is 0.0598. The van der Waals surface area contributed by atoms with Crippen molar-refractivity contribution in [2.24, 2.45) is 11.3 Å². The van der Waals surface area contributed by atoms with Crippen LogP contribution in [0.5, 0.6) is 0 Å². The highest BCUT2D eigenvalue weighted by Gasteiger charge is 2.65. The molecule has 2 fully saturated rings. The molecule has 0 aromatic carbocycles. The lowest BCUT2D eigenvalue weighted by atomic mass is 10.1. The lowest BCUT2D eigenvalue weighted by Gasteiger charge is -2.20. The van der Waals surface area contributed by atoms with E-state index in [-0.39, 0.29) is 11.4 Å². The monoisotopic (exact) mass is 167 g/mol. The van der Waals surface area contributed by atoms with Crippen molar-refractivity contribution in [2.45, 2.75) is 45.6 Å². The first-order valence-electron chi connectivity index (χ1n) is 4.75. The van der Waals surface area contributed by atoms with Crippen molar-refractivity contribution >= 4 is 5.91 Å². The summed E-state index contributed by atoms with van der Waals surface area (Å²) < 4.78 is 0. The molecule has 2 saturated carbocycles. The third-order valence-corrected chi connectivity index (χ3v) is 2.90. The van der Waals surface area contributed by atoms with Crippen molar-refractivity contribution in [3.05, 3.63) is 0 Å². The molecule has 68 valence electrons. The number of hydrogen-bond acceptors (Lipinski definition) is 1. The summed E-state index contributed by atoms with van der Waals surface area (Å²) >= 11 is 0. The van der Waals surface area contributed by atoms with Gasteiger partial charge in [-0.2, -0.15) is 0 Å². The summed E-state index contributed by atoms with van der Waals surface area (Å²) in [5, 5.41) is 3.04. The molecular formula is C10H17NO. The Morgan fingerprint density at radius 3 is 2.33 bits per heavy atom. The Kier molecular flexibility index (Phi) is 1.37. The summed E-state index contributed by atoms with van der Waals surface area (Å²) in [5.74, 6) is 0.636. The molecule has 2 rings (SSSR count). The first-order valence-corrected chi connectivity index (χ1v) is 4.75. The molecule has 1 spiro atoms. The Balaban J connectivity index is 1.86. The zero-order chi connectivity index (χ0) is 8.98. The normalized spacial score (nSPS) is 30.1. The molecule has 12 heavy (non-hydrogen) atoms. The molecule has 0 bridgehead atoms. The topological polar surface area (TPSA) is 29.1 Å².